The summed E-state index contributed by atoms with van der Waals surface area (Å²) in [7, 11) is 1.70. The van der Waals surface area contributed by atoms with Crippen molar-refractivity contribution in [2.24, 2.45) is 4.99 Å². The number of benzene rings is 1. The first kappa shape index (κ1) is 19.4. The molecule has 0 aliphatic heterocycles. The Kier molecular flexibility index (Phi) is 6.29. The number of rotatable bonds is 6. The highest BCUT2D eigenvalue weighted by atomic mass is 32.1. The van der Waals surface area contributed by atoms with Crippen LogP contribution >= 0.6 is 11.3 Å². The lowest BCUT2D eigenvalue weighted by molar-refractivity contribution is 0.342. The average Bonchev–Trinajstić information content (AvgIpc) is 3.23. The minimum absolute atomic E-state index is 0.0466. The summed E-state index contributed by atoms with van der Waals surface area (Å²) in [5.41, 5.74) is 0.813. The largest absolute Gasteiger partial charge is 0.507 e. The van der Waals surface area contributed by atoms with Crippen LogP contribution in [-0.2, 0) is 0 Å². The third-order valence-corrected chi connectivity index (χ3v) is 4.77. The van der Waals surface area contributed by atoms with Gasteiger partial charge in [0.25, 0.3) is 0 Å². The molecule has 3 N–H and O–H groups in total. The first-order valence-electron chi connectivity index (χ1n) is 8.77. The number of amidine groups is 1. The van der Waals surface area contributed by atoms with Gasteiger partial charge in [-0.3, -0.25) is 4.99 Å². The molecule has 0 fully saturated rings. The molecule has 0 radical (unpaired) electrons. The van der Waals surface area contributed by atoms with Gasteiger partial charge in [0.15, 0.2) is 0 Å². The van der Waals surface area contributed by atoms with E-state index in [-0.39, 0.29) is 5.75 Å². The van der Waals surface area contributed by atoms with Gasteiger partial charge in [-0.2, -0.15) is 0 Å². The van der Waals surface area contributed by atoms with Crippen molar-refractivity contribution in [3.05, 3.63) is 63.3 Å². The topological polar surface area (TPSA) is 78.8 Å². The van der Waals surface area contributed by atoms with Gasteiger partial charge in [0, 0.05) is 19.3 Å². The maximum absolute atomic E-state index is 10.3. The number of aromatic hydroxyl groups is 1. The van der Waals surface area contributed by atoms with Crippen molar-refractivity contribution < 1.29 is 9.84 Å². The Morgan fingerprint density at radius 1 is 1.32 bits per heavy atom. The van der Waals surface area contributed by atoms with Gasteiger partial charge >= 0.3 is 0 Å². The van der Waals surface area contributed by atoms with Crippen molar-refractivity contribution in [2.75, 3.05) is 24.3 Å². The molecular weight excluding hydrogens is 372 g/mol. The zero-order valence-corrected chi connectivity index (χ0v) is 16.6. The fourth-order valence-corrected chi connectivity index (χ4v) is 3.24. The van der Waals surface area contributed by atoms with Crippen LogP contribution < -0.4 is 25.9 Å². The molecule has 0 aliphatic carbocycles. The molecule has 7 heteroatoms. The van der Waals surface area contributed by atoms with E-state index in [0.29, 0.717) is 28.8 Å². The number of nitrogens with zero attached hydrogens (tertiary/aromatic N) is 2. The number of ether oxygens (including phenoxy) is 1. The quantitative estimate of drug-likeness (QED) is 0.442. The number of nitrogens with one attached hydrogen (secondary N) is 2. The van der Waals surface area contributed by atoms with E-state index in [1.165, 1.54) is 0 Å². The molecule has 0 atom stereocenters. The van der Waals surface area contributed by atoms with Gasteiger partial charge in [0.1, 0.15) is 23.2 Å². The predicted octanol–water partition coefficient (Wildman–Crippen LogP) is 3.00. The summed E-state index contributed by atoms with van der Waals surface area (Å²) < 4.78 is 5.61. The molecule has 2 heterocycles. The van der Waals surface area contributed by atoms with E-state index in [9.17, 15) is 5.11 Å². The number of anilines is 2. The molecule has 0 saturated carbocycles. The summed E-state index contributed by atoms with van der Waals surface area (Å²) in [6.07, 6.45) is 1.70. The maximum Gasteiger partial charge on any atom is 0.143 e. The van der Waals surface area contributed by atoms with Crippen LogP contribution in [0.2, 0.25) is 0 Å². The summed E-state index contributed by atoms with van der Waals surface area (Å²) >= 11 is 1.56. The molecule has 3 rings (SSSR count). The summed E-state index contributed by atoms with van der Waals surface area (Å²) in [5.74, 6) is 1.90. The highest BCUT2D eigenvalue weighted by Crippen LogP contribution is 2.23. The molecule has 2 aromatic heterocycles. The minimum Gasteiger partial charge on any atom is -0.507 e. The van der Waals surface area contributed by atoms with E-state index in [2.05, 4.69) is 27.2 Å². The highest BCUT2D eigenvalue weighted by Gasteiger charge is 2.08. The molecule has 0 amide bonds. The second-order valence-corrected chi connectivity index (χ2v) is 6.73. The van der Waals surface area contributed by atoms with E-state index in [1.807, 2.05) is 48.7 Å². The first-order chi connectivity index (χ1) is 13.6. The monoisotopic (exact) mass is 394 g/mol. The standard InChI is InChI=1S/C21H22N4O2S/c1-4-27-18-9-6-5-8-16(18)23-13-15-12-17(26)14(2)20(24-15)25-21(22-3)19-10-7-11-28-19/h5-13,23,26H,2,4H2,1,3H3,(H,22,24,25)/b15-13-. The third-order valence-electron chi connectivity index (χ3n) is 3.90. The van der Waals surface area contributed by atoms with Crippen molar-refractivity contribution >= 4 is 41.5 Å². The van der Waals surface area contributed by atoms with E-state index in [1.54, 1.807) is 30.7 Å². The van der Waals surface area contributed by atoms with E-state index >= 15 is 0 Å². The van der Waals surface area contributed by atoms with Crippen LogP contribution in [0.25, 0.3) is 12.8 Å². The molecule has 0 aliphatic rings. The number of pyridine rings is 1. The van der Waals surface area contributed by atoms with Gasteiger partial charge in [-0.1, -0.05) is 24.8 Å². The Morgan fingerprint density at radius 2 is 2.14 bits per heavy atom. The molecule has 0 bridgehead atoms. The van der Waals surface area contributed by atoms with Crippen LogP contribution in [0, 0.1) is 0 Å². The third kappa shape index (κ3) is 4.50. The molecule has 6 nitrogen and oxygen atoms in total. The minimum atomic E-state index is 0.0466. The van der Waals surface area contributed by atoms with Gasteiger partial charge in [-0.05, 0) is 30.5 Å². The van der Waals surface area contributed by atoms with Crippen molar-refractivity contribution in [1.82, 2.24) is 4.98 Å². The van der Waals surface area contributed by atoms with Crippen LogP contribution in [0.5, 0.6) is 11.5 Å². The predicted molar refractivity (Wildman–Crippen MR) is 117 cm³/mol. The van der Waals surface area contributed by atoms with Crippen molar-refractivity contribution in [1.29, 1.82) is 0 Å². The van der Waals surface area contributed by atoms with Crippen molar-refractivity contribution in [2.45, 2.75) is 6.92 Å². The summed E-state index contributed by atoms with van der Waals surface area (Å²) in [5, 5.41) is 19.6. The lowest BCUT2D eigenvalue weighted by atomic mass is 10.3. The molecule has 1 aromatic carbocycles. The Morgan fingerprint density at radius 3 is 2.86 bits per heavy atom. The average molecular weight is 395 g/mol. The van der Waals surface area contributed by atoms with Crippen LogP contribution in [0.4, 0.5) is 11.5 Å². The Labute approximate surface area is 167 Å². The summed E-state index contributed by atoms with van der Waals surface area (Å²) in [6.45, 7) is 6.41. The maximum atomic E-state index is 10.3. The van der Waals surface area contributed by atoms with Crippen LogP contribution in [0.3, 0.4) is 0 Å². The Balaban J connectivity index is 1.91. The number of thiophene rings is 1. The molecule has 0 unspecified atom stereocenters. The molecular formula is C21H22N4O2S. The SMILES string of the molecule is C=c1c(O)c/c(=C/Nc2ccccc2OCC)nc1NC(=NC)c1cccs1. The number of hydrogen-bond donors (Lipinski definition) is 3. The molecule has 0 spiro atoms. The molecule has 144 valence electrons. The molecule has 28 heavy (non-hydrogen) atoms. The van der Waals surface area contributed by atoms with Gasteiger partial charge in [-0.15, -0.1) is 11.3 Å². The van der Waals surface area contributed by atoms with Gasteiger partial charge in [-0.25, -0.2) is 4.98 Å². The van der Waals surface area contributed by atoms with E-state index in [0.717, 1.165) is 16.3 Å². The fraction of sp³-hybridized carbons (Fsp3) is 0.143. The van der Waals surface area contributed by atoms with Crippen LogP contribution in [0.15, 0.2) is 52.8 Å². The molecule has 0 saturated heterocycles. The van der Waals surface area contributed by atoms with E-state index in [4.69, 9.17) is 4.74 Å². The van der Waals surface area contributed by atoms with Crippen LogP contribution in [-0.4, -0.2) is 29.6 Å². The van der Waals surface area contributed by atoms with Crippen molar-refractivity contribution in [3.63, 3.8) is 0 Å². The Hall–Kier alpha value is -3.32. The second-order valence-electron chi connectivity index (χ2n) is 5.79. The van der Waals surface area contributed by atoms with E-state index < -0.39 is 0 Å². The van der Waals surface area contributed by atoms with Gasteiger partial charge in [0.05, 0.1) is 27.7 Å². The lowest BCUT2D eigenvalue weighted by Crippen LogP contribution is -2.24. The number of aliphatic imine (C=N–C) groups is 1. The summed E-state index contributed by atoms with van der Waals surface area (Å²) in [6, 6.07) is 13.1. The second kappa shape index (κ2) is 9.05. The molecule has 3 aromatic rings. The smallest absolute Gasteiger partial charge is 0.143 e. The van der Waals surface area contributed by atoms with Gasteiger partial charge < -0.3 is 20.5 Å². The van der Waals surface area contributed by atoms with Crippen LogP contribution in [0.1, 0.15) is 11.8 Å². The summed E-state index contributed by atoms with van der Waals surface area (Å²) in [4.78, 5) is 9.80. The normalized spacial score (nSPS) is 12.1. The lowest BCUT2D eigenvalue weighted by Gasteiger charge is -2.10. The number of para-hydroxylation sites is 2. The highest BCUT2D eigenvalue weighted by molar-refractivity contribution is 7.12. The van der Waals surface area contributed by atoms with Gasteiger partial charge in [0.2, 0.25) is 0 Å². The zero-order chi connectivity index (χ0) is 19.9. The fourth-order valence-electron chi connectivity index (χ4n) is 2.53. The first-order valence-corrected chi connectivity index (χ1v) is 9.65. The zero-order valence-electron chi connectivity index (χ0n) is 15.8. The Bertz CT molecular complexity index is 1080. The van der Waals surface area contributed by atoms with Crippen molar-refractivity contribution in [3.8, 4) is 11.5 Å². The number of hydrogen-bond acceptors (Lipinski definition) is 6. The number of aromatic nitrogens is 1.